The highest BCUT2D eigenvalue weighted by Gasteiger charge is 2.31. The molecule has 0 radical (unpaired) electrons. The quantitative estimate of drug-likeness (QED) is 0.189. The molecule has 1 aliphatic heterocycles. The van der Waals surface area contributed by atoms with Crippen molar-refractivity contribution in [3.63, 3.8) is 0 Å². The fourth-order valence-corrected chi connectivity index (χ4v) is 3.92. The van der Waals surface area contributed by atoms with E-state index in [0.29, 0.717) is 11.1 Å². The lowest BCUT2D eigenvalue weighted by molar-refractivity contribution is 0.0443. The molecule has 0 aliphatic carbocycles. The molecule has 0 aromatic heterocycles. The minimum atomic E-state index is -0.502. The Morgan fingerprint density at radius 1 is 0.667 bits per heavy atom. The molecule has 0 spiro atoms. The zero-order valence-electron chi connectivity index (χ0n) is 17.1. The molecule has 1 aromatic carbocycles. The molecule has 1 heterocycles. The summed E-state index contributed by atoms with van der Waals surface area (Å²) in [6.07, 6.45) is 19.6. The summed E-state index contributed by atoms with van der Waals surface area (Å²) in [6, 6.07) is 5.47. The van der Waals surface area contributed by atoms with Gasteiger partial charge in [-0.3, -0.25) is 0 Å². The highest BCUT2D eigenvalue weighted by Crippen LogP contribution is 2.25. The van der Waals surface area contributed by atoms with Gasteiger partial charge >= 0.3 is 11.9 Å². The summed E-state index contributed by atoms with van der Waals surface area (Å²) in [4.78, 5) is 23.4. The number of unbranched alkanes of at least 4 members (excludes halogenated alkanes) is 13. The lowest BCUT2D eigenvalue weighted by Crippen LogP contribution is -2.00. The van der Waals surface area contributed by atoms with Gasteiger partial charge in [0.2, 0.25) is 0 Å². The lowest BCUT2D eigenvalue weighted by atomic mass is 9.97. The largest absolute Gasteiger partial charge is 0.386 e. The van der Waals surface area contributed by atoms with Crippen LogP contribution >= 0.6 is 0 Å². The van der Waals surface area contributed by atoms with Crippen LogP contribution in [0.4, 0.5) is 0 Å². The maximum Gasteiger partial charge on any atom is 0.347 e. The minimum absolute atomic E-state index is 0.433. The SMILES string of the molecule is CCCCCCCCCCCCCCCCc1cccc2c1C(=O)OC2=O. The van der Waals surface area contributed by atoms with E-state index < -0.39 is 11.9 Å². The van der Waals surface area contributed by atoms with E-state index in [4.69, 9.17) is 4.74 Å². The Balaban J connectivity index is 1.46. The molecule has 3 nitrogen and oxygen atoms in total. The summed E-state index contributed by atoms with van der Waals surface area (Å²) >= 11 is 0. The van der Waals surface area contributed by atoms with Crippen molar-refractivity contribution in [3.8, 4) is 0 Å². The second-order valence-corrected chi connectivity index (χ2v) is 7.86. The highest BCUT2D eigenvalue weighted by molar-refractivity contribution is 6.15. The summed E-state index contributed by atoms with van der Waals surface area (Å²) in [5.74, 6) is -0.978. The number of benzene rings is 1. The van der Waals surface area contributed by atoms with Crippen molar-refractivity contribution in [2.24, 2.45) is 0 Å². The second kappa shape index (κ2) is 12.7. The topological polar surface area (TPSA) is 43.4 Å². The van der Waals surface area contributed by atoms with E-state index in [-0.39, 0.29) is 0 Å². The number of carbonyl (C=O) groups is 2. The fourth-order valence-electron chi connectivity index (χ4n) is 3.92. The Bertz CT molecular complexity index is 591. The van der Waals surface area contributed by atoms with Crippen molar-refractivity contribution in [1.82, 2.24) is 0 Å². The third kappa shape index (κ3) is 7.48. The van der Waals surface area contributed by atoms with Crippen molar-refractivity contribution in [1.29, 1.82) is 0 Å². The van der Waals surface area contributed by atoms with Crippen LogP contribution in [-0.2, 0) is 11.2 Å². The molecule has 3 heteroatoms. The maximum atomic E-state index is 11.8. The zero-order valence-corrected chi connectivity index (χ0v) is 17.1. The summed E-state index contributed by atoms with van der Waals surface area (Å²) in [6.45, 7) is 2.27. The molecule has 27 heavy (non-hydrogen) atoms. The van der Waals surface area contributed by atoms with E-state index >= 15 is 0 Å². The zero-order chi connectivity index (χ0) is 19.3. The first kappa shape index (κ1) is 21.7. The van der Waals surface area contributed by atoms with Crippen molar-refractivity contribution in [2.75, 3.05) is 0 Å². The van der Waals surface area contributed by atoms with E-state index in [1.54, 1.807) is 6.07 Å². The molecule has 0 N–H and O–H groups in total. The molecule has 0 saturated carbocycles. The number of rotatable bonds is 15. The summed E-state index contributed by atoms with van der Waals surface area (Å²) in [7, 11) is 0. The van der Waals surface area contributed by atoms with E-state index in [1.165, 1.54) is 83.5 Å². The Morgan fingerprint density at radius 3 is 1.74 bits per heavy atom. The molecule has 2 rings (SSSR count). The van der Waals surface area contributed by atoms with Crippen LogP contribution in [0, 0.1) is 0 Å². The average Bonchev–Trinajstić information content (AvgIpc) is 2.97. The van der Waals surface area contributed by atoms with Gasteiger partial charge in [-0.1, -0.05) is 103 Å². The van der Waals surface area contributed by atoms with Crippen LogP contribution in [0.5, 0.6) is 0 Å². The highest BCUT2D eigenvalue weighted by atomic mass is 16.6. The van der Waals surface area contributed by atoms with Crippen LogP contribution in [-0.4, -0.2) is 11.9 Å². The van der Waals surface area contributed by atoms with Crippen LogP contribution in [0.3, 0.4) is 0 Å². The fraction of sp³-hybridized carbons (Fsp3) is 0.667. The molecule has 0 unspecified atom stereocenters. The minimum Gasteiger partial charge on any atom is -0.386 e. The predicted molar refractivity (Wildman–Crippen MR) is 110 cm³/mol. The van der Waals surface area contributed by atoms with Crippen LogP contribution in [0.25, 0.3) is 0 Å². The van der Waals surface area contributed by atoms with Crippen LogP contribution in [0.1, 0.15) is 123 Å². The molecule has 1 aromatic rings. The van der Waals surface area contributed by atoms with Gasteiger partial charge in [0.15, 0.2) is 0 Å². The molecular formula is C24H36O3. The molecule has 0 fully saturated rings. The number of fused-ring (bicyclic) bond motifs is 1. The number of cyclic esters (lactones) is 2. The van der Waals surface area contributed by atoms with Gasteiger partial charge in [-0.15, -0.1) is 0 Å². The molecule has 150 valence electrons. The van der Waals surface area contributed by atoms with E-state index in [1.807, 2.05) is 12.1 Å². The predicted octanol–water partition coefficient (Wildman–Crippen LogP) is 7.02. The van der Waals surface area contributed by atoms with Crippen LogP contribution in [0.2, 0.25) is 0 Å². The molecular weight excluding hydrogens is 336 g/mol. The van der Waals surface area contributed by atoms with Gasteiger partial charge < -0.3 is 4.74 Å². The first-order valence-electron chi connectivity index (χ1n) is 11.1. The average molecular weight is 373 g/mol. The Hall–Kier alpha value is -1.64. The van der Waals surface area contributed by atoms with Gasteiger partial charge in [0.25, 0.3) is 0 Å². The third-order valence-corrected chi connectivity index (χ3v) is 5.56. The van der Waals surface area contributed by atoms with Crippen molar-refractivity contribution >= 4 is 11.9 Å². The Morgan fingerprint density at radius 2 is 1.19 bits per heavy atom. The van der Waals surface area contributed by atoms with Crippen LogP contribution < -0.4 is 0 Å². The third-order valence-electron chi connectivity index (χ3n) is 5.56. The molecule has 0 bridgehead atoms. The summed E-state index contributed by atoms with van der Waals surface area (Å²) in [5.41, 5.74) is 1.89. The molecule has 1 aliphatic rings. The number of carbonyl (C=O) groups excluding carboxylic acids is 2. The number of ether oxygens (including phenoxy) is 1. The second-order valence-electron chi connectivity index (χ2n) is 7.86. The van der Waals surface area contributed by atoms with E-state index in [2.05, 4.69) is 6.92 Å². The standard InChI is InChI=1S/C24H36O3/c1-2-3-4-5-6-7-8-9-10-11-12-13-14-15-17-20-18-16-19-21-22(20)24(26)27-23(21)25/h16,18-19H,2-15,17H2,1H3. The van der Waals surface area contributed by atoms with Gasteiger partial charge in [0, 0.05) is 0 Å². The van der Waals surface area contributed by atoms with Gasteiger partial charge in [0.05, 0.1) is 11.1 Å². The maximum absolute atomic E-state index is 11.8. The normalized spacial score (nSPS) is 13.1. The van der Waals surface area contributed by atoms with Crippen LogP contribution in [0.15, 0.2) is 18.2 Å². The van der Waals surface area contributed by atoms with Crippen molar-refractivity contribution in [2.45, 2.75) is 103 Å². The molecule has 0 atom stereocenters. The number of aryl methyl sites for hydroxylation is 1. The Labute approximate surface area is 164 Å². The number of hydrogen-bond donors (Lipinski definition) is 0. The lowest BCUT2D eigenvalue weighted by Gasteiger charge is -2.05. The smallest absolute Gasteiger partial charge is 0.347 e. The summed E-state index contributed by atoms with van der Waals surface area (Å²) in [5, 5.41) is 0. The van der Waals surface area contributed by atoms with Crippen molar-refractivity contribution in [3.05, 3.63) is 34.9 Å². The molecule has 0 saturated heterocycles. The number of hydrogen-bond acceptors (Lipinski definition) is 3. The van der Waals surface area contributed by atoms with Crippen molar-refractivity contribution < 1.29 is 14.3 Å². The first-order valence-corrected chi connectivity index (χ1v) is 11.1. The van der Waals surface area contributed by atoms with Gasteiger partial charge in [-0.05, 0) is 24.5 Å². The van der Waals surface area contributed by atoms with Gasteiger partial charge in [0.1, 0.15) is 0 Å². The molecule has 0 amide bonds. The monoisotopic (exact) mass is 372 g/mol. The van der Waals surface area contributed by atoms with Gasteiger partial charge in [-0.25, -0.2) is 9.59 Å². The number of esters is 2. The summed E-state index contributed by atoms with van der Waals surface area (Å²) < 4.78 is 4.72. The first-order chi connectivity index (χ1) is 13.2. The Kier molecular flexibility index (Phi) is 10.2. The van der Waals surface area contributed by atoms with E-state index in [0.717, 1.165) is 18.4 Å². The van der Waals surface area contributed by atoms with E-state index in [9.17, 15) is 9.59 Å². The van der Waals surface area contributed by atoms with Gasteiger partial charge in [-0.2, -0.15) is 0 Å².